The number of halogens is 1. The van der Waals surface area contributed by atoms with Gasteiger partial charge in [-0.15, -0.1) is 0 Å². The molecule has 0 spiro atoms. The zero-order valence-corrected chi connectivity index (χ0v) is 13.1. The van der Waals surface area contributed by atoms with Crippen LogP contribution in [0.1, 0.15) is 5.56 Å². The molecule has 0 saturated heterocycles. The van der Waals surface area contributed by atoms with Crippen LogP contribution >= 0.6 is 27.7 Å². The van der Waals surface area contributed by atoms with E-state index in [1.54, 1.807) is 13.3 Å². The zero-order chi connectivity index (χ0) is 13.7. The van der Waals surface area contributed by atoms with Crippen molar-refractivity contribution in [2.24, 2.45) is 0 Å². The van der Waals surface area contributed by atoms with Gasteiger partial charge >= 0.3 is 0 Å². The molecule has 4 nitrogen and oxygen atoms in total. The maximum absolute atomic E-state index is 5.20. The van der Waals surface area contributed by atoms with Gasteiger partial charge in [-0.25, -0.2) is 9.97 Å². The molecule has 1 heterocycles. The van der Waals surface area contributed by atoms with Crippen LogP contribution in [0.15, 0.2) is 40.1 Å². The van der Waals surface area contributed by atoms with Crippen molar-refractivity contribution in [3.05, 3.63) is 40.5 Å². The third kappa shape index (κ3) is 3.84. The fourth-order valence-corrected chi connectivity index (χ4v) is 2.21. The molecule has 0 aliphatic heterocycles. The summed E-state index contributed by atoms with van der Waals surface area (Å²) in [5.74, 6) is 1.65. The van der Waals surface area contributed by atoms with Crippen LogP contribution in [0.5, 0.6) is 5.75 Å². The van der Waals surface area contributed by atoms with Crippen molar-refractivity contribution in [2.75, 3.05) is 18.7 Å². The molecular formula is C13H14BrN3OS. The van der Waals surface area contributed by atoms with Gasteiger partial charge in [-0.05, 0) is 39.9 Å². The van der Waals surface area contributed by atoms with E-state index in [-0.39, 0.29) is 0 Å². The second-order valence-corrected chi connectivity index (χ2v) is 5.39. The molecule has 0 saturated carbocycles. The molecule has 100 valence electrons. The van der Waals surface area contributed by atoms with Gasteiger partial charge in [0.1, 0.15) is 11.6 Å². The lowest BCUT2D eigenvalue weighted by molar-refractivity contribution is 0.414. The van der Waals surface area contributed by atoms with Crippen LogP contribution in [0, 0.1) is 0 Å². The molecule has 2 aromatic rings. The summed E-state index contributed by atoms with van der Waals surface area (Å²) in [5.41, 5.74) is 1.13. The first-order chi connectivity index (χ1) is 9.22. The van der Waals surface area contributed by atoms with Gasteiger partial charge in [-0.1, -0.05) is 23.9 Å². The fraction of sp³-hybridized carbons (Fsp3) is 0.231. The molecule has 1 N–H and O–H groups in total. The number of aromatic nitrogens is 2. The topological polar surface area (TPSA) is 47.0 Å². The van der Waals surface area contributed by atoms with Crippen LogP contribution in [0.25, 0.3) is 0 Å². The van der Waals surface area contributed by atoms with Crippen molar-refractivity contribution in [3.8, 4) is 5.75 Å². The quantitative estimate of drug-likeness (QED) is 0.666. The summed E-state index contributed by atoms with van der Waals surface area (Å²) < 4.78 is 6.06. The Morgan fingerprint density at radius 2 is 2.26 bits per heavy atom. The molecule has 0 amide bonds. The van der Waals surface area contributed by atoms with E-state index in [1.807, 2.05) is 30.5 Å². The van der Waals surface area contributed by atoms with E-state index in [1.165, 1.54) is 11.8 Å². The van der Waals surface area contributed by atoms with E-state index in [0.29, 0.717) is 6.54 Å². The maximum atomic E-state index is 5.20. The van der Waals surface area contributed by atoms with Crippen LogP contribution in [0.2, 0.25) is 0 Å². The van der Waals surface area contributed by atoms with Crippen LogP contribution in [-0.2, 0) is 6.54 Å². The number of methoxy groups -OCH3 is 1. The third-order valence-corrected chi connectivity index (χ3v) is 3.64. The number of hydrogen-bond acceptors (Lipinski definition) is 5. The first-order valence-electron chi connectivity index (χ1n) is 5.66. The molecule has 1 aromatic carbocycles. The molecule has 1 aromatic heterocycles. The van der Waals surface area contributed by atoms with Crippen molar-refractivity contribution < 1.29 is 4.74 Å². The zero-order valence-electron chi connectivity index (χ0n) is 10.7. The van der Waals surface area contributed by atoms with Crippen LogP contribution in [0.3, 0.4) is 0 Å². The van der Waals surface area contributed by atoms with Crippen LogP contribution in [0.4, 0.5) is 5.82 Å². The Balaban J connectivity index is 2.09. The van der Waals surface area contributed by atoms with Gasteiger partial charge in [0.05, 0.1) is 11.6 Å². The molecule has 19 heavy (non-hydrogen) atoms. The van der Waals surface area contributed by atoms with Crippen molar-refractivity contribution in [2.45, 2.75) is 11.7 Å². The third-order valence-electron chi connectivity index (χ3n) is 2.50. The first kappa shape index (κ1) is 14.1. The minimum absolute atomic E-state index is 0.681. The largest absolute Gasteiger partial charge is 0.497 e. The molecule has 0 atom stereocenters. The van der Waals surface area contributed by atoms with E-state index in [0.717, 1.165) is 26.8 Å². The van der Waals surface area contributed by atoms with Crippen LogP contribution in [-0.4, -0.2) is 23.3 Å². The van der Waals surface area contributed by atoms with E-state index < -0.39 is 0 Å². The molecule has 2 rings (SSSR count). The minimum Gasteiger partial charge on any atom is -0.497 e. The van der Waals surface area contributed by atoms with Gasteiger partial charge in [0, 0.05) is 12.7 Å². The van der Waals surface area contributed by atoms with Crippen molar-refractivity contribution in [1.29, 1.82) is 0 Å². The smallest absolute Gasteiger partial charge is 0.189 e. The highest BCUT2D eigenvalue weighted by Crippen LogP contribution is 2.22. The summed E-state index contributed by atoms with van der Waals surface area (Å²) in [6.45, 7) is 0.681. The summed E-state index contributed by atoms with van der Waals surface area (Å²) in [6, 6.07) is 7.94. The number of nitrogens with one attached hydrogen (secondary N) is 1. The fourth-order valence-electron chi connectivity index (χ4n) is 1.54. The van der Waals surface area contributed by atoms with Crippen LogP contribution < -0.4 is 10.1 Å². The number of ether oxygens (including phenoxy) is 1. The average molecular weight is 340 g/mol. The minimum atomic E-state index is 0.681. The van der Waals surface area contributed by atoms with E-state index in [4.69, 9.17) is 4.74 Å². The first-order valence-corrected chi connectivity index (χ1v) is 7.68. The van der Waals surface area contributed by atoms with E-state index in [9.17, 15) is 0 Å². The summed E-state index contributed by atoms with van der Waals surface area (Å²) >= 11 is 4.96. The predicted molar refractivity (Wildman–Crippen MR) is 81.8 cm³/mol. The van der Waals surface area contributed by atoms with Gasteiger partial charge in [0.25, 0.3) is 0 Å². The Kier molecular flexibility index (Phi) is 5.04. The second-order valence-electron chi connectivity index (χ2n) is 3.76. The lowest BCUT2D eigenvalue weighted by atomic mass is 10.2. The lowest BCUT2D eigenvalue weighted by Crippen LogP contribution is -2.03. The van der Waals surface area contributed by atoms with Gasteiger partial charge in [0.2, 0.25) is 0 Å². The number of anilines is 1. The molecule has 0 radical (unpaired) electrons. The van der Waals surface area contributed by atoms with Crippen molar-refractivity contribution in [1.82, 2.24) is 9.97 Å². The molecule has 0 aliphatic carbocycles. The Hall–Kier alpha value is -1.27. The van der Waals surface area contributed by atoms with Crippen molar-refractivity contribution in [3.63, 3.8) is 0 Å². The highest BCUT2D eigenvalue weighted by molar-refractivity contribution is 9.10. The SMILES string of the molecule is COc1cccc(CNc2nc(SC)ncc2Br)c1. The van der Waals surface area contributed by atoms with Gasteiger partial charge < -0.3 is 10.1 Å². The molecular weight excluding hydrogens is 326 g/mol. The summed E-state index contributed by atoms with van der Waals surface area (Å²) in [5, 5.41) is 4.03. The Morgan fingerprint density at radius 1 is 1.42 bits per heavy atom. The highest BCUT2D eigenvalue weighted by atomic mass is 79.9. The molecule has 0 aliphatic rings. The van der Waals surface area contributed by atoms with E-state index >= 15 is 0 Å². The molecule has 0 bridgehead atoms. The normalized spacial score (nSPS) is 10.3. The number of hydrogen-bond donors (Lipinski definition) is 1. The van der Waals surface area contributed by atoms with Crippen molar-refractivity contribution >= 4 is 33.5 Å². The highest BCUT2D eigenvalue weighted by Gasteiger charge is 2.04. The number of nitrogens with zero attached hydrogens (tertiary/aromatic N) is 2. The van der Waals surface area contributed by atoms with Gasteiger partial charge in [-0.3, -0.25) is 0 Å². The number of rotatable bonds is 5. The lowest BCUT2D eigenvalue weighted by Gasteiger charge is -2.09. The maximum Gasteiger partial charge on any atom is 0.189 e. The summed E-state index contributed by atoms with van der Waals surface area (Å²) in [6.07, 6.45) is 3.71. The number of benzene rings is 1. The monoisotopic (exact) mass is 339 g/mol. The molecule has 6 heteroatoms. The molecule has 0 unspecified atom stereocenters. The summed E-state index contributed by atoms with van der Waals surface area (Å²) in [7, 11) is 1.66. The Morgan fingerprint density at radius 3 is 3.00 bits per heavy atom. The average Bonchev–Trinajstić information content (AvgIpc) is 2.46. The van der Waals surface area contributed by atoms with E-state index in [2.05, 4.69) is 31.2 Å². The van der Waals surface area contributed by atoms with Gasteiger partial charge in [-0.2, -0.15) is 0 Å². The van der Waals surface area contributed by atoms with Gasteiger partial charge in [0.15, 0.2) is 5.16 Å². The molecule has 0 fully saturated rings. The predicted octanol–water partition coefficient (Wildman–Crippen LogP) is 3.58. The Labute approximate surface area is 125 Å². The number of thioether (sulfide) groups is 1. The summed E-state index contributed by atoms with van der Waals surface area (Å²) in [4.78, 5) is 8.60. The Bertz CT molecular complexity index is 565. The second kappa shape index (κ2) is 6.77. The standard InChI is InChI=1S/C13H14BrN3OS/c1-18-10-5-3-4-9(6-10)7-15-12-11(14)8-16-13(17-12)19-2/h3-6,8H,7H2,1-2H3,(H,15,16,17).